The zero-order valence-corrected chi connectivity index (χ0v) is 45.1. The van der Waals surface area contributed by atoms with Gasteiger partial charge in [0.15, 0.2) is 11.9 Å². The molecule has 410 valence electrons. The molecule has 21 atom stereocenters. The number of carbonyl (C=O) groups is 3. The van der Waals surface area contributed by atoms with Crippen LogP contribution in [0.5, 0.6) is 0 Å². The molecule has 2 bridgehead atoms. The molecular formula is C63H82N2O11. The molecule has 6 aliphatic heterocycles. The number of furan rings is 1. The highest BCUT2D eigenvalue weighted by Gasteiger charge is 2.96. The SMILES string of the molecule is CC1(C)OC23CCC4CCCC45CCC2(C5)C(=O)OCC32C1C(=O)C(O)C1(C3CCCC(Cc4ccccc4)C3)C2CCC2(C)C(c3ccoc3CC(C(O)CO)C3CCC4C(C=CN5CNCC45)C3)OC(=O)C3OC321. The molecule has 5 saturated heterocycles. The number of fused-ring (bicyclic) bond motifs is 4. The van der Waals surface area contributed by atoms with E-state index in [0.29, 0.717) is 68.1 Å². The fourth-order valence-corrected chi connectivity index (χ4v) is 23.1. The second-order valence-corrected chi connectivity index (χ2v) is 28.4. The van der Waals surface area contributed by atoms with Gasteiger partial charge in [-0.05, 0) is 181 Å². The minimum absolute atomic E-state index is 0.0425. The van der Waals surface area contributed by atoms with Crippen LogP contribution in [0.2, 0.25) is 0 Å². The summed E-state index contributed by atoms with van der Waals surface area (Å²) in [6.45, 7) is 7.81. The van der Waals surface area contributed by atoms with Crippen LogP contribution in [0.25, 0.3) is 0 Å². The Hall–Kier alpha value is -3.59. The summed E-state index contributed by atoms with van der Waals surface area (Å²) >= 11 is 0. The Kier molecular flexibility index (Phi) is 10.9. The quantitative estimate of drug-likeness (QED) is 0.140. The Morgan fingerprint density at radius 2 is 1.72 bits per heavy atom. The Morgan fingerprint density at radius 3 is 2.57 bits per heavy atom. The van der Waals surface area contributed by atoms with E-state index in [1.54, 1.807) is 6.26 Å². The second-order valence-electron chi connectivity index (χ2n) is 28.4. The maximum absolute atomic E-state index is 16.6. The van der Waals surface area contributed by atoms with Crippen molar-refractivity contribution in [2.24, 2.45) is 80.3 Å². The molecule has 15 rings (SSSR count). The van der Waals surface area contributed by atoms with Crippen molar-refractivity contribution < 1.29 is 53.1 Å². The number of ether oxygens (including phenoxy) is 4. The summed E-state index contributed by atoms with van der Waals surface area (Å²) in [6.07, 6.45) is 18.0. The molecule has 7 saturated carbocycles. The first-order chi connectivity index (χ1) is 36.6. The van der Waals surface area contributed by atoms with Gasteiger partial charge in [-0.25, -0.2) is 4.79 Å². The third kappa shape index (κ3) is 6.02. The first kappa shape index (κ1) is 49.5. The van der Waals surface area contributed by atoms with Crippen molar-refractivity contribution in [2.75, 3.05) is 26.4 Å². The molecule has 13 aliphatic rings. The normalized spacial score (nSPS) is 49.8. The van der Waals surface area contributed by atoms with Crippen molar-refractivity contribution in [3.63, 3.8) is 0 Å². The van der Waals surface area contributed by atoms with Gasteiger partial charge >= 0.3 is 11.9 Å². The van der Waals surface area contributed by atoms with Crippen molar-refractivity contribution in [3.8, 4) is 0 Å². The third-order valence-corrected chi connectivity index (χ3v) is 25.6. The molecular weight excluding hydrogens is 961 g/mol. The Morgan fingerprint density at radius 1 is 0.882 bits per heavy atom. The van der Waals surface area contributed by atoms with Gasteiger partial charge < -0.3 is 43.6 Å². The predicted molar refractivity (Wildman–Crippen MR) is 277 cm³/mol. The van der Waals surface area contributed by atoms with Crippen LogP contribution in [0.4, 0.5) is 0 Å². The van der Waals surface area contributed by atoms with E-state index < -0.39 is 80.7 Å². The molecule has 12 fully saturated rings. The smallest absolute Gasteiger partial charge is 0.339 e. The van der Waals surface area contributed by atoms with Crippen LogP contribution in [-0.2, 0) is 46.2 Å². The number of esters is 2. The van der Waals surface area contributed by atoms with Crippen LogP contribution in [-0.4, -0.2) is 106 Å². The highest BCUT2D eigenvalue weighted by atomic mass is 16.7. The number of hydrogen-bond acceptors (Lipinski definition) is 13. The lowest BCUT2D eigenvalue weighted by Gasteiger charge is -2.72. The molecule has 0 radical (unpaired) electrons. The number of hydrogen-bond donors (Lipinski definition) is 4. The van der Waals surface area contributed by atoms with Crippen LogP contribution in [0.15, 0.2) is 59.4 Å². The summed E-state index contributed by atoms with van der Waals surface area (Å²) in [5, 5.41) is 40.1. The van der Waals surface area contributed by atoms with E-state index in [2.05, 4.69) is 59.7 Å². The summed E-state index contributed by atoms with van der Waals surface area (Å²) in [6, 6.07) is 13.0. The zero-order valence-electron chi connectivity index (χ0n) is 45.1. The van der Waals surface area contributed by atoms with E-state index in [1.807, 2.05) is 19.9 Å². The zero-order chi connectivity index (χ0) is 52.0. The van der Waals surface area contributed by atoms with Gasteiger partial charge in [-0.2, -0.15) is 0 Å². The van der Waals surface area contributed by atoms with Gasteiger partial charge in [-0.3, -0.25) is 14.9 Å². The van der Waals surface area contributed by atoms with E-state index >= 15 is 14.4 Å². The molecule has 5 spiro atoms. The fourth-order valence-electron chi connectivity index (χ4n) is 23.1. The summed E-state index contributed by atoms with van der Waals surface area (Å²) in [5.41, 5.74) is -5.49. The minimum atomic E-state index is -1.49. The van der Waals surface area contributed by atoms with Gasteiger partial charge in [0.1, 0.15) is 30.2 Å². The van der Waals surface area contributed by atoms with Gasteiger partial charge in [0, 0.05) is 35.4 Å². The Labute approximate surface area is 447 Å². The average Bonchev–Trinajstić information content (AvgIpc) is 4.09. The largest absolute Gasteiger partial charge is 0.469 e. The van der Waals surface area contributed by atoms with Crippen LogP contribution < -0.4 is 5.32 Å². The Bertz CT molecular complexity index is 2730. The van der Waals surface area contributed by atoms with Crippen molar-refractivity contribution in [3.05, 3.63) is 71.8 Å². The first-order valence-electron chi connectivity index (χ1n) is 30.1. The number of allylic oxidation sites excluding steroid dienone is 1. The maximum atomic E-state index is 16.6. The number of rotatable bonds is 9. The van der Waals surface area contributed by atoms with Gasteiger partial charge in [0.05, 0.1) is 53.6 Å². The standard InChI is InChI=1S/C63H82N2O11/c1-56(2)50-49(68)51(69)62(41-12-7-11-37(28-41)27-36-9-5-4-6-10-36)48(60(50)34-73-55(71)59-24-23-58(33-59)20-8-13-40(58)16-22-61(59,60)76-56)17-21-57(3)52(74-54(70)53-63(57,62)75-53)43-19-26-72-47(43)30-44(46(67)32-66)38-14-15-42-39(29-38)18-25-65-35-64-31-45(42)65/h4-6,9-10,18-19,25-26,37-42,44-46,48,50-53,64,66-67,69H,7-8,11-17,20-24,27-35H2,1-3H3. The van der Waals surface area contributed by atoms with E-state index in [0.717, 1.165) is 95.8 Å². The molecule has 1 aromatic carbocycles. The monoisotopic (exact) mass is 1040 g/mol. The van der Waals surface area contributed by atoms with Gasteiger partial charge in [-0.1, -0.05) is 62.6 Å². The van der Waals surface area contributed by atoms with Gasteiger partial charge in [0.25, 0.3) is 0 Å². The lowest BCUT2D eigenvalue weighted by atomic mass is 9.30. The number of nitrogens with zero attached hydrogens (tertiary/aromatic N) is 1. The molecule has 7 aliphatic carbocycles. The molecule has 0 amide bonds. The van der Waals surface area contributed by atoms with Gasteiger partial charge in [0.2, 0.25) is 0 Å². The molecule has 21 unspecified atom stereocenters. The van der Waals surface area contributed by atoms with E-state index in [4.69, 9.17) is 23.4 Å². The fraction of sp³-hybridized carbons (Fsp3) is 0.762. The van der Waals surface area contributed by atoms with Crippen molar-refractivity contribution in [1.29, 1.82) is 0 Å². The summed E-state index contributed by atoms with van der Waals surface area (Å²) < 4.78 is 35.4. The van der Waals surface area contributed by atoms with E-state index in [1.165, 1.54) is 12.0 Å². The molecule has 76 heavy (non-hydrogen) atoms. The van der Waals surface area contributed by atoms with Crippen LogP contribution in [0.3, 0.4) is 0 Å². The van der Waals surface area contributed by atoms with E-state index in [9.17, 15) is 15.3 Å². The molecule has 13 heteroatoms. The first-order valence-corrected chi connectivity index (χ1v) is 30.1. The van der Waals surface area contributed by atoms with E-state index in [-0.39, 0.29) is 54.1 Å². The van der Waals surface area contributed by atoms with Crippen LogP contribution >= 0.6 is 0 Å². The number of ketones is 1. The summed E-state index contributed by atoms with van der Waals surface area (Å²) in [7, 11) is 0. The number of carbonyl (C=O) groups excluding carboxylic acids is 3. The maximum Gasteiger partial charge on any atom is 0.339 e. The highest BCUT2D eigenvalue weighted by Crippen LogP contribution is 2.87. The molecule has 1 aromatic heterocycles. The number of nitrogens with one attached hydrogen (secondary N) is 1. The minimum Gasteiger partial charge on any atom is -0.469 e. The van der Waals surface area contributed by atoms with Crippen molar-refractivity contribution in [1.82, 2.24) is 10.2 Å². The van der Waals surface area contributed by atoms with Crippen LogP contribution in [0, 0.1) is 80.3 Å². The van der Waals surface area contributed by atoms with Crippen LogP contribution in [0.1, 0.15) is 153 Å². The molecule has 4 N–H and O–H groups in total. The number of benzene rings is 1. The van der Waals surface area contributed by atoms with Crippen molar-refractivity contribution >= 4 is 17.7 Å². The third-order valence-electron chi connectivity index (χ3n) is 25.6. The number of epoxide rings is 1. The average molecular weight is 1040 g/mol. The summed E-state index contributed by atoms with van der Waals surface area (Å²) in [4.78, 5) is 49.5. The lowest BCUT2D eigenvalue weighted by molar-refractivity contribution is -0.308. The molecule has 7 heterocycles. The second kappa shape index (κ2) is 16.7. The number of cyclic esters (lactones) is 2. The number of aliphatic hydroxyl groups excluding tert-OH is 3. The molecule has 2 aromatic rings. The van der Waals surface area contributed by atoms with Gasteiger partial charge in [-0.15, -0.1) is 0 Å². The summed E-state index contributed by atoms with van der Waals surface area (Å²) in [5.74, 6) is -0.182. The Balaban J connectivity index is 0.866. The number of aliphatic hydroxyl groups is 3. The predicted octanol–water partition coefficient (Wildman–Crippen LogP) is 8.17. The van der Waals surface area contributed by atoms with Crippen molar-refractivity contribution in [2.45, 2.75) is 190 Å². The molecule has 13 nitrogen and oxygen atoms in total. The highest BCUT2D eigenvalue weighted by molar-refractivity contribution is 5.93. The topological polar surface area (TPSA) is 181 Å². The lowest BCUT2D eigenvalue weighted by Crippen LogP contribution is -2.82. The number of Topliss-reactive ketones (excluding diaryl/α,β-unsaturated/α-hetero) is 1.